The Labute approximate surface area is 124 Å². The summed E-state index contributed by atoms with van der Waals surface area (Å²) in [4.78, 5) is 15.6. The molecule has 0 aliphatic carbocycles. The first-order chi connectivity index (χ1) is 10.3. The molecule has 0 aromatic carbocycles. The quantitative estimate of drug-likeness (QED) is 0.921. The van der Waals surface area contributed by atoms with Gasteiger partial charge in [-0.15, -0.1) is 0 Å². The first-order valence-electron chi connectivity index (χ1n) is 7.13. The van der Waals surface area contributed by atoms with Crippen LogP contribution in [0.5, 0.6) is 0 Å². The maximum absolute atomic E-state index is 5.37. The van der Waals surface area contributed by atoms with E-state index < -0.39 is 0 Å². The van der Waals surface area contributed by atoms with Gasteiger partial charge in [0.15, 0.2) is 0 Å². The summed E-state index contributed by atoms with van der Waals surface area (Å²) in [5.41, 5.74) is 1.94. The number of hydrogen-bond acceptors (Lipinski definition) is 6. The van der Waals surface area contributed by atoms with Crippen molar-refractivity contribution in [1.29, 1.82) is 0 Å². The Bertz CT molecular complexity index is 584. The third-order valence-corrected chi connectivity index (χ3v) is 3.31. The molecule has 3 rings (SSSR count). The van der Waals surface area contributed by atoms with Crippen LogP contribution in [0.15, 0.2) is 30.5 Å². The highest BCUT2D eigenvalue weighted by Gasteiger charge is 2.14. The van der Waals surface area contributed by atoms with Crippen molar-refractivity contribution in [1.82, 2.24) is 15.0 Å². The zero-order chi connectivity index (χ0) is 14.5. The molecule has 1 aliphatic heterocycles. The average molecular weight is 285 g/mol. The maximum Gasteiger partial charge on any atom is 0.227 e. The molecule has 0 atom stereocenters. The lowest BCUT2D eigenvalue weighted by atomic mass is 10.3. The molecule has 0 unspecified atom stereocenters. The predicted octanol–water partition coefficient (Wildman–Crippen LogP) is 1.63. The topological polar surface area (TPSA) is 63.2 Å². The molecular weight excluding hydrogens is 266 g/mol. The van der Waals surface area contributed by atoms with Crippen molar-refractivity contribution in [3.63, 3.8) is 0 Å². The summed E-state index contributed by atoms with van der Waals surface area (Å²) in [5.74, 6) is 1.59. The van der Waals surface area contributed by atoms with E-state index in [1.807, 2.05) is 31.2 Å². The van der Waals surface area contributed by atoms with Crippen LogP contribution in [0.4, 0.5) is 11.8 Å². The van der Waals surface area contributed by atoms with Crippen LogP contribution in [0.1, 0.15) is 11.4 Å². The molecule has 110 valence electrons. The van der Waals surface area contributed by atoms with Crippen LogP contribution in [-0.2, 0) is 11.3 Å². The fraction of sp³-hybridized carbons (Fsp3) is 0.400. The van der Waals surface area contributed by atoms with Gasteiger partial charge in [0.2, 0.25) is 5.95 Å². The Morgan fingerprint density at radius 2 is 2.10 bits per heavy atom. The highest BCUT2D eigenvalue weighted by molar-refractivity contribution is 5.44. The summed E-state index contributed by atoms with van der Waals surface area (Å²) in [6.45, 7) is 5.77. The first kappa shape index (κ1) is 13.8. The molecular formula is C15H19N5O. The van der Waals surface area contributed by atoms with E-state index in [1.54, 1.807) is 6.20 Å². The molecule has 2 aromatic rings. The minimum Gasteiger partial charge on any atom is -0.378 e. The molecule has 0 saturated carbocycles. The number of rotatable bonds is 4. The number of hydrogen-bond donors (Lipinski definition) is 1. The van der Waals surface area contributed by atoms with E-state index in [1.165, 1.54) is 0 Å². The van der Waals surface area contributed by atoms with Crippen LogP contribution >= 0.6 is 0 Å². The monoisotopic (exact) mass is 285 g/mol. The van der Waals surface area contributed by atoms with Gasteiger partial charge in [-0.3, -0.25) is 4.98 Å². The number of ether oxygens (including phenoxy) is 1. The molecule has 3 heterocycles. The van der Waals surface area contributed by atoms with Crippen LogP contribution in [0.3, 0.4) is 0 Å². The van der Waals surface area contributed by atoms with Gasteiger partial charge in [-0.05, 0) is 19.1 Å². The molecule has 0 amide bonds. The van der Waals surface area contributed by atoms with E-state index in [9.17, 15) is 0 Å². The number of morpholine rings is 1. The minimum atomic E-state index is 0.653. The van der Waals surface area contributed by atoms with Gasteiger partial charge in [-0.2, -0.15) is 4.98 Å². The summed E-state index contributed by atoms with van der Waals surface area (Å²) in [6.07, 6.45) is 1.79. The highest BCUT2D eigenvalue weighted by atomic mass is 16.5. The SMILES string of the molecule is Cc1cc(NCc2ccccn2)nc(N2CCOCC2)n1. The summed E-state index contributed by atoms with van der Waals surface area (Å²) in [6, 6.07) is 7.83. The second-order valence-electron chi connectivity index (χ2n) is 4.97. The molecule has 1 saturated heterocycles. The van der Waals surface area contributed by atoms with Crippen LogP contribution in [0, 0.1) is 6.92 Å². The Balaban J connectivity index is 1.71. The van der Waals surface area contributed by atoms with Gasteiger partial charge in [-0.25, -0.2) is 4.98 Å². The maximum atomic E-state index is 5.37. The van der Waals surface area contributed by atoms with Gasteiger partial charge >= 0.3 is 0 Å². The van der Waals surface area contributed by atoms with Crippen molar-refractivity contribution in [2.75, 3.05) is 36.5 Å². The number of aryl methyl sites for hydroxylation is 1. The molecule has 6 nitrogen and oxygen atoms in total. The van der Waals surface area contributed by atoms with Crippen molar-refractivity contribution in [3.05, 3.63) is 41.9 Å². The lowest BCUT2D eigenvalue weighted by molar-refractivity contribution is 0.122. The fourth-order valence-electron chi connectivity index (χ4n) is 2.23. The second-order valence-corrected chi connectivity index (χ2v) is 4.97. The minimum absolute atomic E-state index is 0.653. The van der Waals surface area contributed by atoms with Crippen LogP contribution in [0.2, 0.25) is 0 Å². The smallest absolute Gasteiger partial charge is 0.227 e. The second kappa shape index (κ2) is 6.49. The van der Waals surface area contributed by atoms with Crippen molar-refractivity contribution in [2.24, 2.45) is 0 Å². The molecule has 1 N–H and O–H groups in total. The van der Waals surface area contributed by atoms with E-state index >= 15 is 0 Å². The fourth-order valence-corrected chi connectivity index (χ4v) is 2.23. The molecule has 0 spiro atoms. The van der Waals surface area contributed by atoms with Crippen LogP contribution < -0.4 is 10.2 Å². The average Bonchev–Trinajstić information content (AvgIpc) is 2.54. The van der Waals surface area contributed by atoms with Crippen molar-refractivity contribution >= 4 is 11.8 Å². The number of aromatic nitrogens is 3. The molecule has 21 heavy (non-hydrogen) atoms. The van der Waals surface area contributed by atoms with Gasteiger partial charge in [0.1, 0.15) is 5.82 Å². The van der Waals surface area contributed by atoms with Gasteiger partial charge < -0.3 is 15.0 Å². The molecule has 1 aliphatic rings. The normalized spacial score (nSPS) is 15.0. The number of nitrogens with zero attached hydrogens (tertiary/aromatic N) is 4. The van der Waals surface area contributed by atoms with Crippen LogP contribution in [-0.4, -0.2) is 41.3 Å². The Kier molecular flexibility index (Phi) is 4.25. The predicted molar refractivity (Wildman–Crippen MR) is 81.4 cm³/mol. The number of nitrogens with one attached hydrogen (secondary N) is 1. The third-order valence-electron chi connectivity index (χ3n) is 3.31. The van der Waals surface area contributed by atoms with Gasteiger partial charge in [0, 0.05) is 31.0 Å². The molecule has 2 aromatic heterocycles. The van der Waals surface area contributed by atoms with Crippen molar-refractivity contribution < 1.29 is 4.74 Å². The standard InChI is InChI=1S/C15H19N5O/c1-12-10-14(17-11-13-4-2-3-5-16-13)19-15(18-12)20-6-8-21-9-7-20/h2-5,10H,6-9,11H2,1H3,(H,17,18,19). The molecule has 0 bridgehead atoms. The molecule has 1 fully saturated rings. The van der Waals surface area contributed by atoms with Gasteiger partial charge in [0.25, 0.3) is 0 Å². The molecule has 6 heteroatoms. The zero-order valence-corrected chi connectivity index (χ0v) is 12.1. The lowest BCUT2D eigenvalue weighted by Gasteiger charge is -2.27. The zero-order valence-electron chi connectivity index (χ0n) is 12.1. The van der Waals surface area contributed by atoms with Crippen LogP contribution in [0.25, 0.3) is 0 Å². The van der Waals surface area contributed by atoms with Gasteiger partial charge in [0.05, 0.1) is 25.5 Å². The summed E-state index contributed by atoms with van der Waals surface area (Å²) in [7, 11) is 0. The van der Waals surface area contributed by atoms with E-state index in [2.05, 4.69) is 25.2 Å². The Morgan fingerprint density at radius 3 is 2.86 bits per heavy atom. The van der Waals surface area contributed by atoms with Crippen molar-refractivity contribution in [3.8, 4) is 0 Å². The Morgan fingerprint density at radius 1 is 1.24 bits per heavy atom. The highest BCUT2D eigenvalue weighted by Crippen LogP contribution is 2.15. The van der Waals surface area contributed by atoms with Gasteiger partial charge in [-0.1, -0.05) is 6.07 Å². The Hall–Kier alpha value is -2.21. The van der Waals surface area contributed by atoms with E-state index in [-0.39, 0.29) is 0 Å². The molecule has 0 radical (unpaired) electrons. The van der Waals surface area contributed by atoms with E-state index in [4.69, 9.17) is 4.74 Å². The summed E-state index contributed by atoms with van der Waals surface area (Å²) in [5, 5.41) is 3.31. The largest absolute Gasteiger partial charge is 0.378 e. The van der Waals surface area contributed by atoms with Crippen molar-refractivity contribution in [2.45, 2.75) is 13.5 Å². The van der Waals surface area contributed by atoms with E-state index in [0.29, 0.717) is 6.54 Å². The first-order valence-corrected chi connectivity index (χ1v) is 7.13. The van der Waals surface area contributed by atoms with E-state index in [0.717, 1.165) is 49.5 Å². The third kappa shape index (κ3) is 3.66. The summed E-state index contributed by atoms with van der Waals surface area (Å²) < 4.78 is 5.37. The number of pyridine rings is 1. The summed E-state index contributed by atoms with van der Waals surface area (Å²) >= 11 is 0. The number of anilines is 2. The lowest BCUT2D eigenvalue weighted by Crippen LogP contribution is -2.37.